The van der Waals surface area contributed by atoms with Crippen LogP contribution in [0.15, 0.2) is 42.5 Å². The van der Waals surface area contributed by atoms with E-state index in [9.17, 15) is 9.59 Å². The normalized spacial score (nSPS) is 18.1. The molecular weight excluding hydrogens is 378 g/mol. The molecule has 2 N–H and O–H groups in total. The molecule has 6 heteroatoms. The molecule has 2 aromatic rings. The molecule has 0 aromatic heterocycles. The average molecular weight is 410 g/mol. The summed E-state index contributed by atoms with van der Waals surface area (Å²) in [5.41, 5.74) is 5.13. The predicted molar refractivity (Wildman–Crippen MR) is 119 cm³/mol. The fourth-order valence-corrected chi connectivity index (χ4v) is 4.07. The summed E-state index contributed by atoms with van der Waals surface area (Å²) in [4.78, 5) is 26.4. The number of ether oxygens (including phenoxy) is 1. The zero-order valence-corrected chi connectivity index (χ0v) is 18.4. The van der Waals surface area contributed by atoms with Crippen molar-refractivity contribution in [3.8, 4) is 11.1 Å². The van der Waals surface area contributed by atoms with Crippen molar-refractivity contribution in [3.05, 3.63) is 53.6 Å². The molecule has 0 radical (unpaired) electrons. The molecule has 2 aromatic carbocycles. The number of carbonyl (C=O) groups excluding carboxylic acids is 2. The van der Waals surface area contributed by atoms with Gasteiger partial charge in [0, 0.05) is 25.2 Å². The number of nitrogens with zero attached hydrogens (tertiary/aromatic N) is 1. The van der Waals surface area contributed by atoms with Crippen LogP contribution in [0.5, 0.6) is 0 Å². The first-order valence-electron chi connectivity index (χ1n) is 10.4. The van der Waals surface area contributed by atoms with Gasteiger partial charge >= 0.3 is 6.09 Å². The van der Waals surface area contributed by atoms with Gasteiger partial charge in [-0.1, -0.05) is 30.3 Å². The molecule has 1 heterocycles. The van der Waals surface area contributed by atoms with Gasteiger partial charge in [0.15, 0.2) is 0 Å². The van der Waals surface area contributed by atoms with Gasteiger partial charge in [0.2, 0.25) is 5.91 Å². The van der Waals surface area contributed by atoms with Crippen molar-refractivity contribution < 1.29 is 14.3 Å². The van der Waals surface area contributed by atoms with Crippen LogP contribution in [-0.2, 0) is 16.1 Å². The number of nitrogens with one attached hydrogen (secondary N) is 2. The Kier molecular flexibility index (Phi) is 6.77. The summed E-state index contributed by atoms with van der Waals surface area (Å²) in [5.74, 6) is -0.00359. The lowest BCUT2D eigenvalue weighted by Crippen LogP contribution is -2.45. The minimum Gasteiger partial charge on any atom is -0.447 e. The van der Waals surface area contributed by atoms with Crippen LogP contribution < -0.4 is 15.5 Å². The maximum atomic E-state index is 12.3. The number of hydrogen-bond acceptors (Lipinski definition) is 4. The summed E-state index contributed by atoms with van der Waals surface area (Å²) in [6.45, 7) is 8.05. The quantitative estimate of drug-likeness (QED) is 0.768. The van der Waals surface area contributed by atoms with Gasteiger partial charge in [-0.05, 0) is 68.6 Å². The molecule has 2 amide bonds. The molecule has 3 rings (SSSR count). The van der Waals surface area contributed by atoms with Gasteiger partial charge in [-0.3, -0.25) is 4.79 Å². The molecule has 0 unspecified atom stereocenters. The summed E-state index contributed by atoms with van der Waals surface area (Å²) in [6, 6.07) is 14.2. The van der Waals surface area contributed by atoms with Crippen LogP contribution in [0.2, 0.25) is 0 Å². The lowest BCUT2D eigenvalue weighted by atomic mass is 9.89. The topological polar surface area (TPSA) is 70.7 Å². The van der Waals surface area contributed by atoms with E-state index in [1.165, 1.54) is 5.56 Å². The van der Waals surface area contributed by atoms with E-state index in [4.69, 9.17) is 4.74 Å². The van der Waals surface area contributed by atoms with Crippen molar-refractivity contribution in [2.75, 3.05) is 11.9 Å². The van der Waals surface area contributed by atoms with Gasteiger partial charge in [-0.25, -0.2) is 4.79 Å². The molecule has 6 nitrogen and oxygen atoms in total. The Hall–Kier alpha value is -2.86. The van der Waals surface area contributed by atoms with Crippen molar-refractivity contribution >= 4 is 17.7 Å². The van der Waals surface area contributed by atoms with Crippen molar-refractivity contribution in [1.82, 2.24) is 10.6 Å². The molecule has 0 saturated carbocycles. The van der Waals surface area contributed by atoms with Crippen LogP contribution in [-0.4, -0.2) is 31.2 Å². The maximum Gasteiger partial charge on any atom is 0.407 e. The zero-order chi connectivity index (χ0) is 21.8. The minimum atomic E-state index is -0.439. The van der Waals surface area contributed by atoms with E-state index < -0.39 is 6.09 Å². The summed E-state index contributed by atoms with van der Waals surface area (Å²) in [7, 11) is 1.93. The Morgan fingerprint density at radius 2 is 1.80 bits per heavy atom. The molecule has 1 aliphatic rings. The number of hydrogen-bond donors (Lipinski definition) is 2. The van der Waals surface area contributed by atoms with Crippen LogP contribution in [0.3, 0.4) is 0 Å². The summed E-state index contributed by atoms with van der Waals surface area (Å²) >= 11 is 0. The minimum absolute atomic E-state index is 0.00359. The molecule has 30 heavy (non-hydrogen) atoms. The van der Waals surface area contributed by atoms with E-state index in [0.717, 1.165) is 28.9 Å². The second kappa shape index (κ2) is 9.30. The van der Waals surface area contributed by atoms with E-state index in [0.29, 0.717) is 6.42 Å². The Morgan fingerprint density at radius 1 is 1.13 bits per heavy atom. The highest BCUT2D eigenvalue weighted by atomic mass is 16.6. The van der Waals surface area contributed by atoms with Crippen LogP contribution in [0, 0.1) is 0 Å². The van der Waals surface area contributed by atoms with Gasteiger partial charge < -0.3 is 20.3 Å². The Morgan fingerprint density at radius 3 is 2.40 bits per heavy atom. The van der Waals surface area contributed by atoms with Crippen molar-refractivity contribution in [3.63, 3.8) is 0 Å². The van der Waals surface area contributed by atoms with E-state index in [2.05, 4.69) is 41.0 Å². The van der Waals surface area contributed by atoms with Gasteiger partial charge in [0.25, 0.3) is 0 Å². The Bertz CT molecular complexity index is 908. The molecule has 2 atom stereocenters. The number of carbonyl (C=O) groups is 2. The third kappa shape index (κ3) is 4.82. The molecule has 0 saturated heterocycles. The van der Waals surface area contributed by atoms with Gasteiger partial charge in [-0.15, -0.1) is 0 Å². The zero-order valence-electron chi connectivity index (χ0n) is 18.4. The van der Waals surface area contributed by atoms with E-state index in [1.54, 1.807) is 11.8 Å². The molecule has 1 aliphatic heterocycles. The third-order valence-corrected chi connectivity index (χ3v) is 5.32. The average Bonchev–Trinajstić information content (AvgIpc) is 2.67. The number of amides is 2. The number of benzene rings is 2. The fourth-order valence-electron chi connectivity index (χ4n) is 4.07. The SMILES string of the molecule is CNCc1ccc(-c2ccc3c(c2)[C@@H](NC(=O)OC(C)C)C[C@@H](C)N3C(C)=O)cc1. The van der Waals surface area contributed by atoms with Gasteiger partial charge in [-0.2, -0.15) is 0 Å². The highest BCUT2D eigenvalue weighted by Gasteiger charge is 2.33. The summed E-state index contributed by atoms with van der Waals surface area (Å²) in [5, 5.41) is 6.14. The van der Waals surface area contributed by atoms with Crippen molar-refractivity contribution in [2.24, 2.45) is 0 Å². The number of fused-ring (bicyclic) bond motifs is 1. The second-order valence-electron chi connectivity index (χ2n) is 8.13. The standard InChI is InChI=1S/C24H31N3O3/c1-15(2)30-24(29)26-22-12-16(3)27(17(4)28)23-11-10-20(13-21(22)23)19-8-6-18(7-9-19)14-25-5/h6-11,13,15-16,22,25H,12,14H2,1-5H3,(H,26,29)/t16-,22+/m1/s1. The first-order valence-corrected chi connectivity index (χ1v) is 10.4. The third-order valence-electron chi connectivity index (χ3n) is 5.32. The number of rotatable bonds is 5. The lowest BCUT2D eigenvalue weighted by Gasteiger charge is -2.39. The Balaban J connectivity index is 1.98. The number of anilines is 1. The summed E-state index contributed by atoms with van der Waals surface area (Å²) < 4.78 is 5.29. The highest BCUT2D eigenvalue weighted by molar-refractivity contribution is 5.94. The lowest BCUT2D eigenvalue weighted by molar-refractivity contribution is -0.117. The van der Waals surface area contributed by atoms with E-state index in [1.807, 2.05) is 40.0 Å². The molecular formula is C24H31N3O3. The fraction of sp³-hybridized carbons (Fsp3) is 0.417. The second-order valence-corrected chi connectivity index (χ2v) is 8.13. The molecule has 0 fully saturated rings. The van der Waals surface area contributed by atoms with E-state index in [-0.39, 0.29) is 24.1 Å². The first kappa shape index (κ1) is 21.8. The predicted octanol–water partition coefficient (Wildman–Crippen LogP) is 4.39. The maximum absolute atomic E-state index is 12.3. The van der Waals surface area contributed by atoms with Gasteiger partial charge in [0.1, 0.15) is 0 Å². The monoisotopic (exact) mass is 409 g/mol. The highest BCUT2D eigenvalue weighted by Crippen LogP contribution is 2.39. The van der Waals surface area contributed by atoms with Crippen molar-refractivity contribution in [1.29, 1.82) is 0 Å². The van der Waals surface area contributed by atoms with Crippen LogP contribution in [0.4, 0.5) is 10.5 Å². The van der Waals surface area contributed by atoms with E-state index >= 15 is 0 Å². The van der Waals surface area contributed by atoms with Gasteiger partial charge in [0.05, 0.1) is 12.1 Å². The largest absolute Gasteiger partial charge is 0.447 e. The summed E-state index contributed by atoms with van der Waals surface area (Å²) in [6.07, 6.45) is -0.00226. The molecule has 0 aliphatic carbocycles. The van der Waals surface area contributed by atoms with Crippen molar-refractivity contribution in [2.45, 2.75) is 58.8 Å². The molecule has 0 bridgehead atoms. The van der Waals surface area contributed by atoms with Crippen LogP contribution >= 0.6 is 0 Å². The molecule has 0 spiro atoms. The first-order chi connectivity index (χ1) is 14.3. The smallest absolute Gasteiger partial charge is 0.407 e. The Labute approximate surface area is 178 Å². The van der Waals surface area contributed by atoms with Crippen LogP contribution in [0.1, 0.15) is 51.3 Å². The van der Waals surface area contributed by atoms with Crippen LogP contribution in [0.25, 0.3) is 11.1 Å². The number of alkyl carbamates (subject to hydrolysis) is 1. The molecule has 160 valence electrons.